The second kappa shape index (κ2) is 5.56. The standard InChI is InChI=1S/C11H14BNO2/c1-13(2)8-10(12)15-11(14)9-6-4-3-5-7-9/h3-7,10H,8H2,1-2H3. The Bertz CT molecular complexity index is 314. The second-order valence-corrected chi connectivity index (χ2v) is 3.57. The van der Waals surface area contributed by atoms with E-state index >= 15 is 0 Å². The third-order valence-corrected chi connectivity index (χ3v) is 1.81. The van der Waals surface area contributed by atoms with Gasteiger partial charge in [0.1, 0.15) is 7.85 Å². The number of benzene rings is 1. The minimum absolute atomic E-state index is 0.384. The monoisotopic (exact) mass is 203 g/mol. The number of nitrogens with zero attached hydrogens (tertiary/aromatic N) is 1. The predicted molar refractivity (Wildman–Crippen MR) is 60.0 cm³/mol. The van der Waals surface area contributed by atoms with E-state index in [0.717, 1.165) is 0 Å². The summed E-state index contributed by atoms with van der Waals surface area (Å²) in [7, 11) is 9.37. The first-order valence-corrected chi connectivity index (χ1v) is 4.76. The van der Waals surface area contributed by atoms with Crippen LogP contribution in [0.5, 0.6) is 0 Å². The predicted octanol–water partition coefficient (Wildman–Crippen LogP) is 0.900. The molecule has 1 rings (SSSR count). The van der Waals surface area contributed by atoms with Gasteiger partial charge in [-0.1, -0.05) is 18.2 Å². The summed E-state index contributed by atoms with van der Waals surface area (Å²) in [6.07, 6.45) is 0. The van der Waals surface area contributed by atoms with Crippen molar-refractivity contribution in [2.75, 3.05) is 20.6 Å². The summed E-state index contributed by atoms with van der Waals surface area (Å²) in [6.45, 7) is 0.512. The molecule has 0 aliphatic heterocycles. The van der Waals surface area contributed by atoms with E-state index in [1.807, 2.05) is 25.1 Å². The molecular formula is C11H14BNO2. The van der Waals surface area contributed by atoms with E-state index in [1.165, 1.54) is 0 Å². The van der Waals surface area contributed by atoms with Crippen LogP contribution in [-0.2, 0) is 4.74 Å². The largest absolute Gasteiger partial charge is 0.468 e. The van der Waals surface area contributed by atoms with Crippen LogP contribution in [0.1, 0.15) is 10.4 Å². The molecule has 1 unspecified atom stereocenters. The van der Waals surface area contributed by atoms with E-state index in [1.54, 1.807) is 24.3 Å². The molecule has 1 atom stereocenters. The van der Waals surface area contributed by atoms with Crippen molar-refractivity contribution in [3.8, 4) is 0 Å². The van der Waals surface area contributed by atoms with Gasteiger partial charge in [-0.25, -0.2) is 4.79 Å². The van der Waals surface area contributed by atoms with Crippen LogP contribution in [-0.4, -0.2) is 45.4 Å². The number of carbonyl (C=O) groups is 1. The quantitative estimate of drug-likeness (QED) is 0.537. The lowest BCUT2D eigenvalue weighted by atomic mass is 10.00. The molecule has 0 aliphatic rings. The Kier molecular flexibility index (Phi) is 4.37. The number of hydrogen-bond donors (Lipinski definition) is 0. The summed E-state index contributed by atoms with van der Waals surface area (Å²) >= 11 is 0. The van der Waals surface area contributed by atoms with E-state index in [0.29, 0.717) is 12.1 Å². The van der Waals surface area contributed by atoms with Crippen LogP contribution >= 0.6 is 0 Å². The fourth-order valence-electron chi connectivity index (χ4n) is 1.18. The topological polar surface area (TPSA) is 29.5 Å². The first-order chi connectivity index (χ1) is 7.09. The van der Waals surface area contributed by atoms with Crippen molar-refractivity contribution < 1.29 is 9.53 Å². The lowest BCUT2D eigenvalue weighted by Crippen LogP contribution is -2.30. The van der Waals surface area contributed by atoms with Crippen LogP contribution in [0, 0.1) is 0 Å². The molecule has 0 saturated heterocycles. The van der Waals surface area contributed by atoms with Crippen molar-refractivity contribution in [3.63, 3.8) is 0 Å². The summed E-state index contributed by atoms with van der Waals surface area (Å²) in [5, 5.41) is 0. The SMILES string of the molecule is [B]C(CN(C)C)OC(=O)c1ccccc1. The lowest BCUT2D eigenvalue weighted by Gasteiger charge is -2.17. The Labute approximate surface area is 91.4 Å². The van der Waals surface area contributed by atoms with E-state index in [4.69, 9.17) is 12.6 Å². The summed E-state index contributed by atoms with van der Waals surface area (Å²) in [6, 6.07) is 8.22. The van der Waals surface area contributed by atoms with Gasteiger partial charge in [0.2, 0.25) is 0 Å². The fourth-order valence-corrected chi connectivity index (χ4v) is 1.18. The second-order valence-electron chi connectivity index (χ2n) is 3.57. The first kappa shape index (κ1) is 11.8. The molecule has 0 N–H and O–H groups in total. The summed E-state index contributed by atoms with van der Waals surface area (Å²) in [5.41, 5.74) is 0.520. The van der Waals surface area contributed by atoms with Crippen molar-refractivity contribution in [2.24, 2.45) is 0 Å². The summed E-state index contributed by atoms with van der Waals surface area (Å²) in [4.78, 5) is 13.4. The fraction of sp³-hybridized carbons (Fsp3) is 0.364. The van der Waals surface area contributed by atoms with Crippen LogP contribution in [0.25, 0.3) is 0 Å². The van der Waals surface area contributed by atoms with Gasteiger partial charge >= 0.3 is 5.97 Å². The van der Waals surface area contributed by atoms with Gasteiger partial charge in [0.15, 0.2) is 0 Å². The van der Waals surface area contributed by atoms with E-state index in [-0.39, 0.29) is 5.97 Å². The number of rotatable bonds is 4. The third kappa shape index (κ3) is 4.17. The molecule has 15 heavy (non-hydrogen) atoms. The van der Waals surface area contributed by atoms with E-state index in [9.17, 15) is 4.79 Å². The number of esters is 1. The smallest absolute Gasteiger partial charge is 0.337 e. The minimum atomic E-state index is -0.590. The molecule has 0 aromatic heterocycles. The van der Waals surface area contributed by atoms with Crippen molar-refractivity contribution in [3.05, 3.63) is 35.9 Å². The van der Waals surface area contributed by atoms with Gasteiger partial charge in [-0.15, -0.1) is 0 Å². The molecule has 78 valence electrons. The van der Waals surface area contributed by atoms with Crippen molar-refractivity contribution in [1.82, 2.24) is 4.90 Å². The molecule has 0 fully saturated rings. The zero-order chi connectivity index (χ0) is 11.3. The molecule has 0 heterocycles. The van der Waals surface area contributed by atoms with Crippen LogP contribution in [0.15, 0.2) is 30.3 Å². The molecule has 0 saturated carbocycles. The van der Waals surface area contributed by atoms with E-state index in [2.05, 4.69) is 0 Å². The van der Waals surface area contributed by atoms with Gasteiger partial charge in [-0.05, 0) is 26.2 Å². The van der Waals surface area contributed by atoms with Gasteiger partial charge in [0, 0.05) is 6.54 Å². The molecule has 2 radical (unpaired) electrons. The number of ether oxygens (including phenoxy) is 1. The maximum Gasteiger partial charge on any atom is 0.337 e. The van der Waals surface area contributed by atoms with Gasteiger partial charge in [0.05, 0.1) is 11.6 Å². The average Bonchev–Trinajstić information content (AvgIpc) is 2.17. The zero-order valence-electron chi connectivity index (χ0n) is 9.01. The Morgan fingerprint density at radius 1 is 1.40 bits per heavy atom. The Morgan fingerprint density at radius 3 is 2.53 bits per heavy atom. The van der Waals surface area contributed by atoms with Crippen LogP contribution < -0.4 is 0 Å². The molecule has 0 bridgehead atoms. The van der Waals surface area contributed by atoms with Gasteiger partial charge in [0.25, 0.3) is 0 Å². The van der Waals surface area contributed by atoms with Crippen molar-refractivity contribution in [1.29, 1.82) is 0 Å². The normalized spacial score (nSPS) is 12.5. The molecule has 0 aliphatic carbocycles. The Hall–Kier alpha value is -1.29. The first-order valence-electron chi connectivity index (χ1n) is 4.76. The highest BCUT2D eigenvalue weighted by atomic mass is 16.5. The summed E-state index contributed by atoms with van der Waals surface area (Å²) < 4.78 is 5.04. The molecule has 3 nitrogen and oxygen atoms in total. The zero-order valence-corrected chi connectivity index (χ0v) is 9.01. The average molecular weight is 203 g/mol. The number of carbonyl (C=O) groups excluding carboxylic acids is 1. The van der Waals surface area contributed by atoms with Crippen LogP contribution in [0.4, 0.5) is 0 Å². The molecule has 4 heteroatoms. The van der Waals surface area contributed by atoms with Gasteiger partial charge in [-0.3, -0.25) is 0 Å². The highest BCUT2D eigenvalue weighted by Gasteiger charge is 2.11. The van der Waals surface area contributed by atoms with Crippen molar-refractivity contribution >= 4 is 13.8 Å². The Balaban J connectivity index is 2.49. The van der Waals surface area contributed by atoms with Gasteiger partial charge in [-0.2, -0.15) is 0 Å². The van der Waals surface area contributed by atoms with Crippen LogP contribution in [0.2, 0.25) is 0 Å². The minimum Gasteiger partial charge on any atom is -0.468 e. The highest BCUT2D eigenvalue weighted by molar-refractivity contribution is 6.12. The molecule has 0 amide bonds. The molecule has 0 spiro atoms. The lowest BCUT2D eigenvalue weighted by molar-refractivity contribution is 0.0411. The number of likely N-dealkylation sites (N-methyl/N-ethyl adjacent to an activating group) is 1. The number of hydrogen-bond acceptors (Lipinski definition) is 3. The van der Waals surface area contributed by atoms with E-state index < -0.39 is 6.00 Å². The third-order valence-electron chi connectivity index (χ3n) is 1.81. The molecular weight excluding hydrogens is 189 g/mol. The molecule has 1 aromatic carbocycles. The Morgan fingerprint density at radius 2 is 2.00 bits per heavy atom. The highest BCUT2D eigenvalue weighted by Crippen LogP contribution is 2.02. The summed E-state index contributed by atoms with van der Waals surface area (Å²) in [5.74, 6) is -0.384. The molecule has 1 aromatic rings. The maximum absolute atomic E-state index is 11.5. The van der Waals surface area contributed by atoms with Gasteiger partial charge < -0.3 is 9.64 Å². The van der Waals surface area contributed by atoms with Crippen LogP contribution in [0.3, 0.4) is 0 Å². The van der Waals surface area contributed by atoms with Crippen molar-refractivity contribution in [2.45, 2.75) is 6.00 Å². The maximum atomic E-state index is 11.5.